The van der Waals surface area contributed by atoms with Gasteiger partial charge in [0.15, 0.2) is 3.92 Å². The van der Waals surface area contributed by atoms with Crippen molar-refractivity contribution in [3.8, 4) is 0 Å². The Bertz CT molecular complexity index is 216. The van der Waals surface area contributed by atoms with E-state index >= 15 is 0 Å². The third-order valence-electron chi connectivity index (χ3n) is 1.05. The summed E-state index contributed by atoms with van der Waals surface area (Å²) in [5, 5.41) is 0. The van der Waals surface area contributed by atoms with E-state index in [4.69, 9.17) is 5.73 Å². The first-order valence-electron chi connectivity index (χ1n) is 2.56. The van der Waals surface area contributed by atoms with Gasteiger partial charge in [-0.1, -0.05) is 0 Å². The Labute approximate surface area is 90.5 Å². The zero-order valence-electron chi connectivity index (χ0n) is 5.83. The average molecular weight is 280 g/mol. The summed E-state index contributed by atoms with van der Waals surface area (Å²) in [5.41, 5.74) is 6.45. The number of halogens is 3. The number of hydrogen-bond donors (Lipinski definition) is 1. The molecule has 0 aliphatic carbocycles. The van der Waals surface area contributed by atoms with E-state index in [0.717, 1.165) is 14.5 Å². The number of nitrogens with zero attached hydrogens (tertiary/aromatic N) is 1. The van der Waals surface area contributed by atoms with E-state index in [1.54, 1.807) is 11.3 Å². The van der Waals surface area contributed by atoms with Crippen LogP contribution in [0.4, 0.5) is 0 Å². The molecule has 0 aliphatic rings. The highest BCUT2D eigenvalue weighted by molar-refractivity contribution is 9.11. The first-order chi connectivity index (χ1) is 4.24. The molecule has 1 rings (SSSR count). The second-order valence-electron chi connectivity index (χ2n) is 1.68. The van der Waals surface area contributed by atoms with Gasteiger partial charge < -0.3 is 5.73 Å². The van der Waals surface area contributed by atoms with Crippen LogP contribution < -0.4 is 5.73 Å². The molecule has 2 N–H and O–H groups in total. The summed E-state index contributed by atoms with van der Waals surface area (Å²) in [6, 6.07) is 0. The summed E-state index contributed by atoms with van der Waals surface area (Å²) in [7, 11) is 0. The van der Waals surface area contributed by atoms with Crippen molar-refractivity contribution in [3.63, 3.8) is 0 Å². The molecule has 0 radical (unpaired) electrons. The van der Waals surface area contributed by atoms with Crippen LogP contribution in [0.1, 0.15) is 10.6 Å². The van der Waals surface area contributed by atoms with Crippen molar-refractivity contribution in [2.24, 2.45) is 5.73 Å². The maximum absolute atomic E-state index is 5.41. The number of aromatic nitrogens is 1. The highest BCUT2D eigenvalue weighted by Crippen LogP contribution is 2.21. The molecule has 11 heavy (non-hydrogen) atoms. The molecule has 6 heteroatoms. The summed E-state index contributed by atoms with van der Waals surface area (Å²) in [4.78, 5) is 5.29. The van der Waals surface area contributed by atoms with Crippen LogP contribution in [0.2, 0.25) is 0 Å². The van der Waals surface area contributed by atoms with Gasteiger partial charge in [-0.05, 0) is 22.9 Å². The van der Waals surface area contributed by atoms with Gasteiger partial charge in [-0.3, -0.25) is 0 Å². The number of nitrogens with two attached hydrogens (primary N) is 1. The molecule has 0 spiro atoms. The van der Waals surface area contributed by atoms with E-state index in [-0.39, 0.29) is 24.8 Å². The standard InChI is InChI=1S/C5H7BrN2S.2ClH/c1-3-4(2-7)9-5(6)8-3;;/h2,7H2,1H3;2*1H. The molecular weight excluding hydrogens is 271 g/mol. The Morgan fingerprint density at radius 2 is 2.09 bits per heavy atom. The van der Waals surface area contributed by atoms with Crippen LogP contribution in [0.3, 0.4) is 0 Å². The summed E-state index contributed by atoms with van der Waals surface area (Å²) in [5.74, 6) is 0. The number of aryl methyl sites for hydroxylation is 1. The van der Waals surface area contributed by atoms with Gasteiger partial charge in [-0.15, -0.1) is 36.2 Å². The molecule has 1 heterocycles. The molecular formula is C5H9BrCl2N2S. The van der Waals surface area contributed by atoms with Gasteiger partial charge in [-0.25, -0.2) is 4.98 Å². The fourth-order valence-electron chi connectivity index (χ4n) is 0.582. The summed E-state index contributed by atoms with van der Waals surface area (Å²) in [6.07, 6.45) is 0. The van der Waals surface area contributed by atoms with Gasteiger partial charge in [0.1, 0.15) is 0 Å². The van der Waals surface area contributed by atoms with Gasteiger partial charge in [0.05, 0.1) is 5.69 Å². The Kier molecular flexibility index (Phi) is 7.99. The Balaban J connectivity index is 0. The molecule has 0 amide bonds. The van der Waals surface area contributed by atoms with E-state index < -0.39 is 0 Å². The molecule has 0 bridgehead atoms. The summed E-state index contributed by atoms with van der Waals surface area (Å²) < 4.78 is 0.917. The Morgan fingerprint density at radius 1 is 1.55 bits per heavy atom. The first kappa shape index (κ1) is 14.2. The monoisotopic (exact) mass is 278 g/mol. The Morgan fingerprint density at radius 3 is 2.27 bits per heavy atom. The smallest absolute Gasteiger partial charge is 0.159 e. The maximum Gasteiger partial charge on any atom is 0.159 e. The predicted molar refractivity (Wildman–Crippen MR) is 56.9 cm³/mol. The molecule has 0 saturated carbocycles. The zero-order chi connectivity index (χ0) is 6.85. The van der Waals surface area contributed by atoms with Crippen molar-refractivity contribution in [1.29, 1.82) is 0 Å². The lowest BCUT2D eigenvalue weighted by Gasteiger charge is -1.85. The van der Waals surface area contributed by atoms with Crippen LogP contribution >= 0.6 is 52.1 Å². The molecule has 1 aromatic heterocycles. The van der Waals surface area contributed by atoms with Crippen LogP contribution in [-0.4, -0.2) is 4.98 Å². The number of hydrogen-bond acceptors (Lipinski definition) is 3. The average Bonchev–Trinajstić information content (AvgIpc) is 2.10. The molecule has 2 nitrogen and oxygen atoms in total. The van der Waals surface area contributed by atoms with Crippen LogP contribution in [0.15, 0.2) is 3.92 Å². The molecule has 0 aliphatic heterocycles. The largest absolute Gasteiger partial charge is 0.326 e. The van der Waals surface area contributed by atoms with E-state index in [2.05, 4.69) is 20.9 Å². The molecule has 66 valence electrons. The molecule has 0 atom stereocenters. The minimum Gasteiger partial charge on any atom is -0.326 e. The molecule has 0 fully saturated rings. The van der Waals surface area contributed by atoms with Gasteiger partial charge in [0.2, 0.25) is 0 Å². The second kappa shape index (κ2) is 6.20. The minimum absolute atomic E-state index is 0. The molecule has 0 unspecified atom stereocenters. The predicted octanol–water partition coefficient (Wildman–Crippen LogP) is 2.52. The van der Waals surface area contributed by atoms with Crippen molar-refractivity contribution in [3.05, 3.63) is 14.5 Å². The van der Waals surface area contributed by atoms with Crippen molar-refractivity contribution < 1.29 is 0 Å². The quantitative estimate of drug-likeness (QED) is 0.858. The van der Waals surface area contributed by atoms with Crippen LogP contribution in [0.5, 0.6) is 0 Å². The van der Waals surface area contributed by atoms with Crippen molar-refractivity contribution in [2.75, 3.05) is 0 Å². The highest BCUT2D eigenvalue weighted by Gasteiger charge is 2.01. The first-order valence-corrected chi connectivity index (χ1v) is 4.17. The van der Waals surface area contributed by atoms with Crippen molar-refractivity contribution in [1.82, 2.24) is 4.98 Å². The Hall–Kier alpha value is 0.650. The summed E-state index contributed by atoms with van der Waals surface area (Å²) >= 11 is 4.87. The normalized spacial score (nSPS) is 8.27. The lowest BCUT2D eigenvalue weighted by molar-refractivity contribution is 1.06. The highest BCUT2D eigenvalue weighted by atomic mass is 79.9. The molecule has 0 saturated heterocycles. The van der Waals surface area contributed by atoms with Crippen molar-refractivity contribution >= 4 is 52.1 Å². The van der Waals surface area contributed by atoms with E-state index in [1.807, 2.05) is 6.92 Å². The van der Waals surface area contributed by atoms with Gasteiger partial charge >= 0.3 is 0 Å². The SMILES string of the molecule is Cc1nc(Br)sc1CN.Cl.Cl. The summed E-state index contributed by atoms with van der Waals surface area (Å²) in [6.45, 7) is 2.55. The lowest BCUT2D eigenvalue weighted by atomic mass is 10.4. The van der Waals surface area contributed by atoms with E-state index in [1.165, 1.54) is 0 Å². The second-order valence-corrected chi connectivity index (χ2v) is 4.04. The van der Waals surface area contributed by atoms with Crippen molar-refractivity contribution in [2.45, 2.75) is 13.5 Å². The molecule has 0 aromatic carbocycles. The van der Waals surface area contributed by atoms with Crippen LogP contribution in [-0.2, 0) is 6.54 Å². The van der Waals surface area contributed by atoms with Gasteiger partial charge in [0, 0.05) is 11.4 Å². The van der Waals surface area contributed by atoms with E-state index in [0.29, 0.717) is 6.54 Å². The van der Waals surface area contributed by atoms with Gasteiger partial charge in [0.25, 0.3) is 0 Å². The fraction of sp³-hybridized carbons (Fsp3) is 0.400. The molecule has 1 aromatic rings. The van der Waals surface area contributed by atoms with E-state index in [9.17, 15) is 0 Å². The fourth-order valence-corrected chi connectivity index (χ4v) is 2.10. The minimum atomic E-state index is 0. The third kappa shape index (κ3) is 3.71. The lowest BCUT2D eigenvalue weighted by Crippen LogP contribution is -1.94. The zero-order valence-corrected chi connectivity index (χ0v) is 9.87. The van der Waals surface area contributed by atoms with Gasteiger partial charge in [-0.2, -0.15) is 0 Å². The third-order valence-corrected chi connectivity index (χ3v) is 2.68. The number of thiazole rings is 1. The van der Waals surface area contributed by atoms with Crippen LogP contribution in [0.25, 0.3) is 0 Å². The number of rotatable bonds is 1. The topological polar surface area (TPSA) is 38.9 Å². The maximum atomic E-state index is 5.41. The van der Waals surface area contributed by atoms with Crippen LogP contribution in [0, 0.1) is 6.92 Å².